The summed E-state index contributed by atoms with van der Waals surface area (Å²) in [7, 11) is 0. The lowest BCUT2D eigenvalue weighted by Crippen LogP contribution is -2.46. The number of para-hydroxylation sites is 1. The van der Waals surface area contributed by atoms with Crippen LogP contribution >= 0.6 is 0 Å². The maximum absolute atomic E-state index is 12.8. The summed E-state index contributed by atoms with van der Waals surface area (Å²) in [6.45, 7) is 4.92. The van der Waals surface area contributed by atoms with Gasteiger partial charge in [-0.25, -0.2) is 0 Å². The van der Waals surface area contributed by atoms with Crippen LogP contribution in [0.5, 0.6) is 17.2 Å². The first-order valence-electron chi connectivity index (χ1n) is 8.15. The number of hydrogen-bond acceptors (Lipinski definition) is 4. The maximum Gasteiger partial charge on any atom is 0.268 e. The molecule has 0 aliphatic carbocycles. The Morgan fingerprint density at radius 2 is 2.00 bits per heavy atom. The predicted octanol–water partition coefficient (Wildman–Crippen LogP) is 3.15. The third-order valence-electron chi connectivity index (χ3n) is 4.04. The second-order valence-electron chi connectivity index (χ2n) is 5.59. The molecule has 1 N–H and O–H groups in total. The van der Waals surface area contributed by atoms with Gasteiger partial charge in [-0.1, -0.05) is 18.2 Å². The molecule has 1 amide bonds. The van der Waals surface area contributed by atoms with Crippen LogP contribution in [0.2, 0.25) is 0 Å². The fraction of sp³-hybridized carbons (Fsp3) is 0.316. The highest BCUT2D eigenvalue weighted by molar-refractivity contribution is 6.00. The second-order valence-corrected chi connectivity index (χ2v) is 5.59. The molecule has 1 aliphatic rings. The molecule has 2 aromatic carbocycles. The summed E-state index contributed by atoms with van der Waals surface area (Å²) < 4.78 is 11.5. The molecule has 24 heavy (non-hydrogen) atoms. The highest BCUT2D eigenvalue weighted by Crippen LogP contribution is 2.37. The van der Waals surface area contributed by atoms with Gasteiger partial charge < -0.3 is 19.5 Å². The summed E-state index contributed by atoms with van der Waals surface area (Å²) in [6.07, 6.45) is -0.171. The number of benzene rings is 2. The van der Waals surface area contributed by atoms with Crippen molar-refractivity contribution in [3.63, 3.8) is 0 Å². The molecule has 0 saturated heterocycles. The highest BCUT2D eigenvalue weighted by Gasteiger charge is 2.34. The Labute approximate surface area is 141 Å². The molecule has 1 unspecified atom stereocenters. The van der Waals surface area contributed by atoms with Gasteiger partial charge in [-0.3, -0.25) is 4.79 Å². The molecule has 0 saturated carbocycles. The van der Waals surface area contributed by atoms with Crippen LogP contribution in [-0.2, 0) is 11.2 Å². The maximum atomic E-state index is 12.8. The van der Waals surface area contributed by atoms with E-state index in [1.54, 1.807) is 23.1 Å². The first-order chi connectivity index (χ1) is 11.6. The number of likely N-dealkylation sites (N-methyl/N-ethyl adjacent to an activating group) is 1. The van der Waals surface area contributed by atoms with Crippen LogP contribution in [0.25, 0.3) is 0 Å². The van der Waals surface area contributed by atoms with Gasteiger partial charge in [0.05, 0.1) is 12.3 Å². The van der Waals surface area contributed by atoms with Gasteiger partial charge in [0.2, 0.25) is 0 Å². The number of ether oxygens (including phenoxy) is 2. The minimum atomic E-state index is -0.608. The van der Waals surface area contributed by atoms with E-state index in [0.717, 1.165) is 11.3 Å². The lowest BCUT2D eigenvalue weighted by molar-refractivity contribution is -0.126. The molecule has 1 atom stereocenters. The van der Waals surface area contributed by atoms with Crippen LogP contribution in [-0.4, -0.2) is 30.3 Å². The van der Waals surface area contributed by atoms with E-state index in [0.29, 0.717) is 31.0 Å². The summed E-state index contributed by atoms with van der Waals surface area (Å²) in [6, 6.07) is 12.5. The molecule has 3 rings (SSSR count). The van der Waals surface area contributed by atoms with E-state index < -0.39 is 6.10 Å². The Morgan fingerprint density at radius 1 is 1.21 bits per heavy atom. The Bertz CT molecular complexity index is 744. The molecule has 1 heterocycles. The van der Waals surface area contributed by atoms with Crippen molar-refractivity contribution < 1.29 is 19.4 Å². The van der Waals surface area contributed by atoms with Gasteiger partial charge in [0, 0.05) is 19.0 Å². The number of amides is 1. The zero-order chi connectivity index (χ0) is 17.1. The molecule has 126 valence electrons. The number of rotatable bonds is 5. The van der Waals surface area contributed by atoms with E-state index >= 15 is 0 Å². The van der Waals surface area contributed by atoms with Crippen molar-refractivity contribution in [2.24, 2.45) is 0 Å². The highest BCUT2D eigenvalue weighted by atomic mass is 16.5. The molecule has 0 spiro atoms. The van der Waals surface area contributed by atoms with Crippen LogP contribution < -0.4 is 14.4 Å². The van der Waals surface area contributed by atoms with Gasteiger partial charge in [-0.15, -0.1) is 0 Å². The van der Waals surface area contributed by atoms with E-state index in [-0.39, 0.29) is 11.7 Å². The third-order valence-corrected chi connectivity index (χ3v) is 4.04. The lowest BCUT2D eigenvalue weighted by Gasteiger charge is -2.34. The van der Waals surface area contributed by atoms with Crippen LogP contribution in [0.4, 0.5) is 5.69 Å². The van der Waals surface area contributed by atoms with Crippen molar-refractivity contribution in [1.29, 1.82) is 0 Å². The molecular weight excluding hydrogens is 306 g/mol. The molecule has 0 aromatic heterocycles. The van der Waals surface area contributed by atoms with Crippen LogP contribution in [0.1, 0.15) is 19.4 Å². The predicted molar refractivity (Wildman–Crippen MR) is 91.9 cm³/mol. The number of fused-ring (bicyclic) bond motifs is 1. The number of phenols is 1. The monoisotopic (exact) mass is 327 g/mol. The Kier molecular flexibility index (Phi) is 4.60. The number of hydrogen-bond donors (Lipinski definition) is 1. The van der Waals surface area contributed by atoms with E-state index in [1.165, 1.54) is 0 Å². The standard InChI is InChI=1S/C19H21NO4/c1-3-20-15-12-14(21)9-10-17(15)24-18(19(20)22)11-13-7-5-6-8-16(13)23-4-2/h5-10,12,18,21H,3-4,11H2,1-2H3. The fourth-order valence-corrected chi connectivity index (χ4v) is 2.94. The number of carbonyl (C=O) groups excluding carboxylic acids is 1. The van der Waals surface area contributed by atoms with Crippen LogP contribution in [0, 0.1) is 0 Å². The number of carbonyl (C=O) groups is 1. The van der Waals surface area contributed by atoms with Crippen molar-refractivity contribution in [2.45, 2.75) is 26.4 Å². The van der Waals surface area contributed by atoms with Crippen molar-refractivity contribution in [3.05, 3.63) is 48.0 Å². The molecule has 1 aliphatic heterocycles. The SMILES string of the molecule is CCOc1ccccc1CC1Oc2ccc(O)cc2N(CC)C1=O. The summed E-state index contributed by atoms with van der Waals surface area (Å²) in [4.78, 5) is 14.4. The minimum absolute atomic E-state index is 0.109. The van der Waals surface area contributed by atoms with Crippen molar-refractivity contribution in [2.75, 3.05) is 18.1 Å². The zero-order valence-electron chi connectivity index (χ0n) is 13.9. The quantitative estimate of drug-likeness (QED) is 0.916. The van der Waals surface area contributed by atoms with Crippen LogP contribution in [0.3, 0.4) is 0 Å². The van der Waals surface area contributed by atoms with E-state index in [2.05, 4.69) is 0 Å². The molecule has 5 nitrogen and oxygen atoms in total. The number of anilines is 1. The van der Waals surface area contributed by atoms with Gasteiger partial charge in [-0.2, -0.15) is 0 Å². The topological polar surface area (TPSA) is 59.0 Å². The van der Waals surface area contributed by atoms with Gasteiger partial charge in [0.1, 0.15) is 17.2 Å². The van der Waals surface area contributed by atoms with Gasteiger partial charge in [0.25, 0.3) is 5.91 Å². The average Bonchev–Trinajstić information content (AvgIpc) is 2.58. The normalized spacial score (nSPS) is 16.5. The largest absolute Gasteiger partial charge is 0.508 e. The summed E-state index contributed by atoms with van der Waals surface area (Å²) in [5.74, 6) is 1.38. The Morgan fingerprint density at radius 3 is 2.75 bits per heavy atom. The number of aromatic hydroxyl groups is 1. The van der Waals surface area contributed by atoms with Gasteiger partial charge in [-0.05, 0) is 37.6 Å². The van der Waals surface area contributed by atoms with Crippen LogP contribution in [0.15, 0.2) is 42.5 Å². The van der Waals surface area contributed by atoms with Gasteiger partial charge >= 0.3 is 0 Å². The van der Waals surface area contributed by atoms with Gasteiger partial charge in [0.15, 0.2) is 6.10 Å². The van der Waals surface area contributed by atoms with Crippen molar-refractivity contribution in [3.8, 4) is 17.2 Å². The minimum Gasteiger partial charge on any atom is -0.508 e. The Hall–Kier alpha value is -2.69. The number of nitrogens with zero attached hydrogens (tertiary/aromatic N) is 1. The first kappa shape index (κ1) is 16.2. The summed E-state index contributed by atoms with van der Waals surface area (Å²) >= 11 is 0. The Balaban J connectivity index is 1.90. The third kappa shape index (κ3) is 3.02. The summed E-state index contributed by atoms with van der Waals surface area (Å²) in [5, 5.41) is 9.67. The smallest absolute Gasteiger partial charge is 0.268 e. The number of phenolic OH excluding ortho intramolecular Hbond substituents is 1. The van der Waals surface area contributed by atoms with E-state index in [1.807, 2.05) is 38.1 Å². The lowest BCUT2D eigenvalue weighted by atomic mass is 10.0. The second kappa shape index (κ2) is 6.83. The molecular formula is C19H21NO4. The van der Waals surface area contributed by atoms with E-state index in [9.17, 15) is 9.90 Å². The van der Waals surface area contributed by atoms with Crippen molar-refractivity contribution in [1.82, 2.24) is 0 Å². The van der Waals surface area contributed by atoms with Crippen molar-refractivity contribution >= 4 is 11.6 Å². The zero-order valence-corrected chi connectivity index (χ0v) is 13.9. The fourth-order valence-electron chi connectivity index (χ4n) is 2.94. The molecule has 0 radical (unpaired) electrons. The molecule has 0 bridgehead atoms. The average molecular weight is 327 g/mol. The van der Waals surface area contributed by atoms with E-state index in [4.69, 9.17) is 9.47 Å². The molecule has 2 aromatic rings. The molecule has 0 fully saturated rings. The molecule has 5 heteroatoms. The first-order valence-corrected chi connectivity index (χ1v) is 8.15. The summed E-state index contributed by atoms with van der Waals surface area (Å²) in [5.41, 5.74) is 1.55.